The normalized spacial score (nSPS) is 55.2. The van der Waals surface area contributed by atoms with Crippen LogP contribution in [0.15, 0.2) is 11.6 Å². The molecule has 4 aliphatic carbocycles. The molecule has 6 aliphatic rings. The first-order chi connectivity index (χ1) is 18.5. The lowest BCUT2D eigenvalue weighted by Crippen LogP contribution is -2.67. The van der Waals surface area contributed by atoms with Gasteiger partial charge in [0.1, 0.15) is 31.2 Å². The summed E-state index contributed by atoms with van der Waals surface area (Å²) in [7, 11) is 0. The van der Waals surface area contributed by atoms with Crippen LogP contribution in [0.25, 0.3) is 0 Å². The Morgan fingerprint density at radius 2 is 1.77 bits per heavy atom. The van der Waals surface area contributed by atoms with Crippen molar-refractivity contribution in [1.82, 2.24) is 0 Å². The summed E-state index contributed by atoms with van der Waals surface area (Å²) in [4.78, 5) is 24.7. The molecule has 0 bridgehead atoms. The number of carbonyl (C=O) groups excluding carboxylic acids is 2. The number of cyclic esters (lactones) is 1. The molecule has 0 unspecified atom stereocenters. The zero-order valence-corrected chi connectivity index (χ0v) is 22.6. The topological polar surface area (TPSA) is 163 Å². The van der Waals surface area contributed by atoms with Gasteiger partial charge in [-0.05, 0) is 87.5 Å². The van der Waals surface area contributed by atoms with Gasteiger partial charge in [0.25, 0.3) is 0 Å². The average molecular weight is 551 g/mol. The van der Waals surface area contributed by atoms with Gasteiger partial charge in [0.05, 0.1) is 23.9 Å². The molecule has 4 saturated carbocycles. The van der Waals surface area contributed by atoms with Crippen LogP contribution in [0.1, 0.15) is 65.2 Å². The molecule has 10 nitrogen and oxygen atoms in total. The highest BCUT2D eigenvalue weighted by Crippen LogP contribution is 2.69. The average Bonchev–Trinajstić information content (AvgIpc) is 3.47. The van der Waals surface area contributed by atoms with Crippen LogP contribution in [0.2, 0.25) is 0 Å². The van der Waals surface area contributed by atoms with Gasteiger partial charge in [-0.2, -0.15) is 0 Å². The van der Waals surface area contributed by atoms with Gasteiger partial charge in [-0.3, -0.25) is 0 Å². The first-order valence-electron chi connectivity index (χ1n) is 14.6. The highest BCUT2D eigenvalue weighted by molar-refractivity contribution is 5.85. The van der Waals surface area contributed by atoms with Crippen molar-refractivity contribution in [1.29, 1.82) is 0 Å². The Labute approximate surface area is 228 Å². The molecule has 0 aromatic carbocycles. The van der Waals surface area contributed by atoms with Crippen LogP contribution in [-0.2, 0) is 23.8 Å². The van der Waals surface area contributed by atoms with E-state index in [1.165, 1.54) is 6.08 Å². The number of rotatable bonds is 4. The predicted octanol–water partition coefficient (Wildman–Crippen LogP) is 0.606. The molecule has 6 rings (SSSR count). The molecule has 5 fully saturated rings. The van der Waals surface area contributed by atoms with Crippen molar-refractivity contribution in [3.8, 4) is 0 Å². The molecule has 218 valence electrons. The van der Waals surface area contributed by atoms with Gasteiger partial charge in [0.2, 0.25) is 0 Å². The maximum absolute atomic E-state index is 12.9. The van der Waals surface area contributed by atoms with Crippen LogP contribution < -0.4 is 0 Å². The Bertz CT molecular complexity index is 1030. The molecule has 0 amide bonds. The summed E-state index contributed by atoms with van der Waals surface area (Å²) in [6, 6.07) is 0. The van der Waals surface area contributed by atoms with Gasteiger partial charge in [0.15, 0.2) is 6.29 Å². The minimum Gasteiger partial charge on any atom is -0.458 e. The summed E-state index contributed by atoms with van der Waals surface area (Å²) < 4.78 is 16.9. The first kappa shape index (κ1) is 27.8. The zero-order valence-electron chi connectivity index (χ0n) is 22.6. The first-order valence-corrected chi connectivity index (χ1v) is 14.6. The number of hydrogen-bond donors (Lipinski definition) is 5. The quantitative estimate of drug-likeness (QED) is 0.190. The summed E-state index contributed by atoms with van der Waals surface area (Å²) in [6.07, 6.45) is 0.412. The van der Waals surface area contributed by atoms with Crippen LogP contribution >= 0.6 is 0 Å². The van der Waals surface area contributed by atoms with Gasteiger partial charge in [0, 0.05) is 16.9 Å². The van der Waals surface area contributed by atoms with Crippen LogP contribution in [0.4, 0.5) is 0 Å². The van der Waals surface area contributed by atoms with Crippen LogP contribution in [0.3, 0.4) is 0 Å². The Kier molecular flexibility index (Phi) is 6.81. The molecule has 10 heteroatoms. The second kappa shape index (κ2) is 9.58. The SMILES string of the molecule is C[C@@H]1O[C@@H](O[C@H]2CC[C@@]3(C=O)[C@H](CC[C@@H]4[C@@H]3C[C@@H](O)[C@]3(C)[C@@H](C5=CC(=O)OC5)CC[C@]43O)C2)[C@H](O)[C@H](O)[C@H]1O. The third-order valence-corrected chi connectivity index (χ3v) is 11.9. The molecular weight excluding hydrogens is 508 g/mol. The number of fused-ring (bicyclic) bond motifs is 5. The second-order valence-corrected chi connectivity index (χ2v) is 13.3. The Hall–Kier alpha value is -1.40. The van der Waals surface area contributed by atoms with Gasteiger partial charge < -0.3 is 44.5 Å². The monoisotopic (exact) mass is 550 g/mol. The number of aliphatic hydroxyl groups is 5. The number of esters is 1. The van der Waals surface area contributed by atoms with Crippen molar-refractivity contribution in [2.24, 2.45) is 34.5 Å². The minimum atomic E-state index is -1.38. The molecule has 0 aromatic rings. The molecule has 2 heterocycles. The van der Waals surface area contributed by atoms with Gasteiger partial charge >= 0.3 is 5.97 Å². The number of aliphatic hydroxyl groups excluding tert-OH is 4. The largest absolute Gasteiger partial charge is 0.458 e. The highest BCUT2D eigenvalue weighted by Gasteiger charge is 2.71. The zero-order chi connectivity index (χ0) is 27.9. The van der Waals surface area contributed by atoms with Crippen LogP contribution in [0, 0.1) is 34.5 Å². The molecule has 0 spiro atoms. The molecule has 1 saturated heterocycles. The van der Waals surface area contributed by atoms with Gasteiger partial charge in [-0.25, -0.2) is 4.79 Å². The summed E-state index contributed by atoms with van der Waals surface area (Å²) in [6.45, 7) is 3.76. The van der Waals surface area contributed by atoms with E-state index in [2.05, 4.69) is 0 Å². The number of hydrogen-bond acceptors (Lipinski definition) is 10. The van der Waals surface area contributed by atoms with Crippen LogP contribution in [-0.4, -0.2) is 92.9 Å². The summed E-state index contributed by atoms with van der Waals surface area (Å²) in [5.41, 5.74) is -1.85. The van der Waals surface area contributed by atoms with E-state index in [1.54, 1.807) is 6.92 Å². The maximum Gasteiger partial charge on any atom is 0.331 e. The number of ether oxygens (including phenoxy) is 3. The van der Waals surface area contributed by atoms with Gasteiger partial charge in [-0.15, -0.1) is 0 Å². The maximum atomic E-state index is 12.9. The fraction of sp³-hybridized carbons (Fsp3) is 0.862. The lowest BCUT2D eigenvalue weighted by atomic mass is 9.42. The summed E-state index contributed by atoms with van der Waals surface area (Å²) in [5.74, 6) is -0.862. The minimum absolute atomic E-state index is 0.00964. The Morgan fingerprint density at radius 3 is 2.46 bits per heavy atom. The van der Waals surface area contributed by atoms with E-state index in [4.69, 9.17) is 14.2 Å². The molecule has 39 heavy (non-hydrogen) atoms. The summed E-state index contributed by atoms with van der Waals surface area (Å²) >= 11 is 0. The van der Waals surface area contributed by atoms with Gasteiger partial charge in [-0.1, -0.05) is 6.92 Å². The van der Waals surface area contributed by atoms with Crippen molar-refractivity contribution >= 4 is 12.3 Å². The van der Waals surface area contributed by atoms with E-state index in [-0.39, 0.29) is 42.4 Å². The smallest absolute Gasteiger partial charge is 0.331 e. The number of carbonyl (C=O) groups is 2. The Morgan fingerprint density at radius 1 is 1.00 bits per heavy atom. The summed E-state index contributed by atoms with van der Waals surface area (Å²) in [5, 5.41) is 54.6. The van der Waals surface area contributed by atoms with Crippen molar-refractivity contribution < 1.29 is 49.3 Å². The van der Waals surface area contributed by atoms with Crippen molar-refractivity contribution in [2.75, 3.05) is 6.61 Å². The Balaban J connectivity index is 1.22. The highest BCUT2D eigenvalue weighted by atomic mass is 16.7. The molecule has 14 atom stereocenters. The standard InChI is InChI=1S/C29H42O10/c1-14-23(33)24(34)25(35)26(38-14)39-17-5-7-28(13-30)16(10-17)3-4-19-20(28)11-21(31)27(2)18(6-8-29(19,27)36)15-9-22(32)37-12-15/h9,13-14,16-21,23-26,31,33-36H,3-8,10-12H2,1-2H3/t14-,16+,17-,18+,19+,20-,21+,23-,24+,25+,26-,27-,28+,29-/m0/s1. The molecule has 0 radical (unpaired) electrons. The van der Waals surface area contributed by atoms with Crippen molar-refractivity contribution in [2.45, 2.75) is 114 Å². The third-order valence-electron chi connectivity index (χ3n) is 11.9. The molecule has 5 N–H and O–H groups in total. The fourth-order valence-electron chi connectivity index (χ4n) is 9.72. The lowest BCUT2D eigenvalue weighted by molar-refractivity contribution is -0.310. The molecule has 0 aromatic heterocycles. The van der Waals surface area contributed by atoms with Crippen molar-refractivity contribution in [3.63, 3.8) is 0 Å². The van der Waals surface area contributed by atoms with E-state index < -0.39 is 53.2 Å². The molecule has 2 aliphatic heterocycles. The van der Waals surface area contributed by atoms with E-state index in [9.17, 15) is 35.1 Å². The fourth-order valence-corrected chi connectivity index (χ4v) is 9.72. The second-order valence-electron chi connectivity index (χ2n) is 13.3. The number of aldehydes is 1. The predicted molar refractivity (Wildman–Crippen MR) is 135 cm³/mol. The lowest BCUT2D eigenvalue weighted by Gasteiger charge is -2.64. The van der Waals surface area contributed by atoms with Crippen molar-refractivity contribution in [3.05, 3.63) is 11.6 Å². The van der Waals surface area contributed by atoms with Crippen LogP contribution in [0.5, 0.6) is 0 Å². The van der Waals surface area contributed by atoms with E-state index in [1.807, 2.05) is 6.92 Å². The third kappa shape index (κ3) is 3.86. The van der Waals surface area contributed by atoms with E-state index >= 15 is 0 Å². The molecular formula is C29H42O10. The van der Waals surface area contributed by atoms with E-state index in [0.717, 1.165) is 24.7 Å². The van der Waals surface area contributed by atoms with E-state index in [0.29, 0.717) is 38.5 Å².